The van der Waals surface area contributed by atoms with Crippen LogP contribution < -0.4 is 15.3 Å². The lowest BCUT2D eigenvalue weighted by Crippen LogP contribution is -2.50. The molecule has 2 aliphatic rings. The maximum Gasteiger partial charge on any atom is 0.459 e. The maximum absolute atomic E-state index is 14.8. The van der Waals surface area contributed by atoms with Gasteiger partial charge in [0.25, 0.3) is 0 Å². The average Bonchev–Trinajstić information content (AvgIpc) is 3.81. The largest absolute Gasteiger partial charge is 0.461 e. The molecule has 1 unspecified atom stereocenters. The number of hydrogen-bond donors (Lipinski definition) is 2. The fraction of sp³-hybridized carbons (Fsp3) is 0.317. The first kappa shape index (κ1) is 40.1. The van der Waals surface area contributed by atoms with Gasteiger partial charge in [-0.05, 0) is 81.1 Å². The summed E-state index contributed by atoms with van der Waals surface area (Å²) in [5.74, 6) is -2.15. The van der Waals surface area contributed by atoms with E-state index in [4.69, 9.17) is 33.7 Å². The fourth-order valence-electron chi connectivity index (χ4n) is 6.88. The summed E-state index contributed by atoms with van der Waals surface area (Å²) in [5.41, 5.74) is 4.69. The molecule has 16 nitrogen and oxygen atoms in total. The lowest BCUT2D eigenvalue weighted by Gasteiger charge is -2.31. The Labute approximate surface area is 333 Å². The fourth-order valence-corrected chi connectivity index (χ4v) is 8.40. The number of ether oxygens (including phenoxy) is 4. The van der Waals surface area contributed by atoms with Crippen LogP contribution in [0.1, 0.15) is 71.5 Å². The molecule has 17 heteroatoms. The van der Waals surface area contributed by atoms with Gasteiger partial charge in [0.1, 0.15) is 48.5 Å². The number of nitriles is 1. The number of nitrogens with zero attached hydrogens (tertiary/aromatic N) is 4. The van der Waals surface area contributed by atoms with Crippen molar-refractivity contribution in [1.82, 2.24) is 19.7 Å². The Morgan fingerprint density at radius 2 is 1.53 bits per heavy atom. The summed E-state index contributed by atoms with van der Waals surface area (Å²) in [6, 6.07) is 28.2. The summed E-state index contributed by atoms with van der Waals surface area (Å²) < 4.78 is 52.5. The normalized spacial score (nSPS) is 22.2. The summed E-state index contributed by atoms with van der Waals surface area (Å²) in [6.45, 7) is 0.556. The molecule has 1 saturated heterocycles. The van der Waals surface area contributed by atoms with Crippen molar-refractivity contribution < 1.29 is 46.9 Å². The summed E-state index contributed by atoms with van der Waals surface area (Å²) >= 11 is 0. The molecule has 0 amide bonds. The lowest BCUT2D eigenvalue weighted by molar-refractivity contribution is -0.152. The number of hydrogen-bond acceptors (Lipinski definition) is 14. The van der Waals surface area contributed by atoms with E-state index in [1.807, 2.05) is 0 Å². The number of anilines is 1. The highest BCUT2D eigenvalue weighted by molar-refractivity contribution is 7.52. The molecule has 1 saturated carbocycles. The third-order valence-electron chi connectivity index (χ3n) is 9.84. The Hall–Kier alpha value is -6.11. The monoisotopic (exact) mass is 808 g/mol. The molecule has 2 fully saturated rings. The number of para-hydroxylation sites is 1. The first-order chi connectivity index (χ1) is 28.1. The molecule has 300 valence electrons. The highest BCUT2D eigenvalue weighted by Crippen LogP contribution is 2.50. The van der Waals surface area contributed by atoms with Crippen molar-refractivity contribution in [2.75, 3.05) is 12.3 Å². The van der Waals surface area contributed by atoms with Crippen LogP contribution in [0.5, 0.6) is 5.75 Å². The van der Waals surface area contributed by atoms with Gasteiger partial charge in [0.15, 0.2) is 18.0 Å². The Kier molecular flexibility index (Phi) is 12.2. The zero-order chi connectivity index (χ0) is 40.7. The van der Waals surface area contributed by atoms with E-state index in [0.29, 0.717) is 18.4 Å². The van der Waals surface area contributed by atoms with Crippen molar-refractivity contribution in [2.45, 2.75) is 75.1 Å². The number of aromatic nitrogens is 3. The molecule has 1 aliphatic heterocycles. The maximum atomic E-state index is 14.8. The van der Waals surface area contributed by atoms with Crippen molar-refractivity contribution >= 4 is 37.0 Å². The number of carbonyl (C=O) groups is 3. The molecule has 3 heterocycles. The molecule has 5 aromatic rings. The van der Waals surface area contributed by atoms with E-state index in [1.165, 1.54) is 54.2 Å². The number of carbonyl (C=O) groups excluding carboxylic acids is 3. The third kappa shape index (κ3) is 8.88. The van der Waals surface area contributed by atoms with Gasteiger partial charge in [-0.25, -0.2) is 23.7 Å². The van der Waals surface area contributed by atoms with Gasteiger partial charge >= 0.3 is 25.7 Å². The number of nitrogen functional groups attached to an aromatic ring is 1. The van der Waals surface area contributed by atoms with E-state index in [0.717, 1.165) is 19.3 Å². The van der Waals surface area contributed by atoms with Crippen molar-refractivity contribution in [2.24, 2.45) is 0 Å². The molecule has 3 aromatic carbocycles. The van der Waals surface area contributed by atoms with E-state index >= 15 is 0 Å². The summed E-state index contributed by atoms with van der Waals surface area (Å²) in [4.78, 5) is 44.9. The lowest BCUT2D eigenvalue weighted by atomic mass is 9.95. The molecule has 3 N–H and O–H groups in total. The predicted molar refractivity (Wildman–Crippen MR) is 207 cm³/mol. The smallest absolute Gasteiger partial charge is 0.459 e. The van der Waals surface area contributed by atoms with E-state index in [2.05, 4.69) is 21.2 Å². The molecule has 0 bridgehead atoms. The minimum atomic E-state index is -4.62. The standard InChI is InChI=1S/C41H41N6O10P/c1-27(38(48)53-30-18-10-4-11-19-30)46-58(51,57-31-20-12-5-13-21-31)52-25-41(24-42)36(55-40(50)29-16-8-3-9-17-29)35(54-39(49)28-14-6-2-7-15-28)34(56-41)32-22-23-33-37(43)44-26-45-47(32)33/h2-3,5-9,12-17,20-23,26-27,30,34-36H,4,10-11,18-19,25H2,1H3,(H,46,51)(H2,43,44,45)/t27?,34-,35+,36-,41+,58-/m0/s1. The predicted octanol–water partition coefficient (Wildman–Crippen LogP) is 6.15. The van der Waals surface area contributed by atoms with Crippen LogP contribution in [-0.2, 0) is 32.8 Å². The second-order valence-corrected chi connectivity index (χ2v) is 15.6. The van der Waals surface area contributed by atoms with Crippen LogP contribution >= 0.6 is 7.75 Å². The third-order valence-corrected chi connectivity index (χ3v) is 11.5. The zero-order valence-corrected chi connectivity index (χ0v) is 32.3. The molecule has 7 rings (SSSR count). The first-order valence-corrected chi connectivity index (χ1v) is 20.3. The van der Waals surface area contributed by atoms with Gasteiger partial charge in [-0.3, -0.25) is 9.32 Å². The van der Waals surface area contributed by atoms with E-state index in [9.17, 15) is 24.2 Å². The van der Waals surface area contributed by atoms with E-state index in [1.54, 1.807) is 66.7 Å². The molecule has 0 spiro atoms. The van der Waals surface area contributed by atoms with E-state index < -0.39 is 62.2 Å². The van der Waals surface area contributed by atoms with Crippen LogP contribution in [0.25, 0.3) is 5.52 Å². The van der Waals surface area contributed by atoms with Gasteiger partial charge in [-0.2, -0.15) is 15.4 Å². The van der Waals surface area contributed by atoms with Crippen LogP contribution in [-0.4, -0.2) is 69.1 Å². The number of esters is 3. The molecule has 2 aromatic heterocycles. The zero-order valence-electron chi connectivity index (χ0n) is 31.4. The quantitative estimate of drug-likeness (QED) is 0.0730. The number of benzene rings is 3. The van der Waals surface area contributed by atoms with E-state index in [-0.39, 0.29) is 34.5 Å². The van der Waals surface area contributed by atoms with Crippen LogP contribution in [0.3, 0.4) is 0 Å². The topological polar surface area (TPSA) is 216 Å². The van der Waals surface area contributed by atoms with Crippen LogP contribution in [0.2, 0.25) is 0 Å². The van der Waals surface area contributed by atoms with Gasteiger partial charge in [0, 0.05) is 0 Å². The van der Waals surface area contributed by atoms with Gasteiger partial charge in [0.05, 0.1) is 16.8 Å². The Balaban J connectivity index is 1.27. The van der Waals surface area contributed by atoms with Crippen LogP contribution in [0, 0.1) is 11.3 Å². The summed E-state index contributed by atoms with van der Waals surface area (Å²) in [7, 11) is -4.62. The second-order valence-electron chi connectivity index (χ2n) is 13.9. The van der Waals surface area contributed by atoms with Gasteiger partial charge in [0.2, 0.25) is 5.60 Å². The highest BCUT2D eigenvalue weighted by atomic mass is 31.2. The Bertz CT molecular complexity index is 2320. The molecular weight excluding hydrogens is 767 g/mol. The second kappa shape index (κ2) is 17.6. The minimum absolute atomic E-state index is 0.112. The molecule has 58 heavy (non-hydrogen) atoms. The van der Waals surface area contributed by atoms with Crippen molar-refractivity contribution in [3.05, 3.63) is 126 Å². The molecule has 6 atom stereocenters. The summed E-state index contributed by atoms with van der Waals surface area (Å²) in [5, 5.41) is 18.1. The Morgan fingerprint density at radius 3 is 2.17 bits per heavy atom. The number of nitrogens with two attached hydrogens (primary N) is 1. The highest BCUT2D eigenvalue weighted by Gasteiger charge is 2.62. The van der Waals surface area contributed by atoms with Gasteiger partial charge in [-0.1, -0.05) is 61.0 Å². The van der Waals surface area contributed by atoms with Crippen molar-refractivity contribution in [1.29, 1.82) is 5.26 Å². The number of fused-ring (bicyclic) bond motifs is 1. The number of nitrogens with one attached hydrogen (secondary N) is 1. The minimum Gasteiger partial charge on any atom is -0.461 e. The average molecular weight is 809 g/mol. The first-order valence-electron chi connectivity index (χ1n) is 18.7. The molecule has 0 radical (unpaired) electrons. The Morgan fingerprint density at radius 1 is 0.914 bits per heavy atom. The molecular formula is C41H41N6O10P. The van der Waals surface area contributed by atoms with Crippen LogP contribution in [0.15, 0.2) is 109 Å². The molecule has 1 aliphatic carbocycles. The summed E-state index contributed by atoms with van der Waals surface area (Å²) in [6.07, 6.45) is 0.616. The van der Waals surface area contributed by atoms with Crippen LogP contribution in [0.4, 0.5) is 5.82 Å². The number of rotatable bonds is 14. The van der Waals surface area contributed by atoms with Crippen molar-refractivity contribution in [3.8, 4) is 11.8 Å². The van der Waals surface area contributed by atoms with Gasteiger partial charge < -0.3 is 29.2 Å². The van der Waals surface area contributed by atoms with Gasteiger partial charge in [-0.15, -0.1) is 0 Å². The SMILES string of the molecule is CC(N[P@](=O)(OC[C@@]1(C#N)O[C@@H](c2ccc3c(N)ncnn23)[C@@H](OC(=O)c2ccccc2)[C@@H]1OC(=O)c1ccccc1)Oc1ccccc1)C(=O)OC1CCCCC1. The van der Waals surface area contributed by atoms with Crippen molar-refractivity contribution in [3.63, 3.8) is 0 Å².